The van der Waals surface area contributed by atoms with Crippen molar-refractivity contribution in [1.82, 2.24) is 19.5 Å². The quantitative estimate of drug-likeness (QED) is 0.730. The van der Waals surface area contributed by atoms with Crippen LogP contribution in [0.2, 0.25) is 0 Å². The molecule has 0 aliphatic carbocycles. The number of anilines is 1. The van der Waals surface area contributed by atoms with Gasteiger partial charge in [-0.05, 0) is 31.9 Å². The van der Waals surface area contributed by atoms with Crippen LogP contribution < -0.4 is 4.90 Å². The Hall–Kier alpha value is -2.21. The van der Waals surface area contributed by atoms with E-state index in [1.54, 1.807) is 11.3 Å². The van der Waals surface area contributed by atoms with Crippen molar-refractivity contribution in [1.29, 1.82) is 0 Å². The summed E-state index contributed by atoms with van der Waals surface area (Å²) in [5.74, 6) is 1.64. The molecule has 0 bridgehead atoms. The van der Waals surface area contributed by atoms with Crippen LogP contribution in [0, 0.1) is 6.92 Å². The van der Waals surface area contributed by atoms with Crippen LogP contribution >= 0.6 is 11.3 Å². The van der Waals surface area contributed by atoms with Crippen molar-refractivity contribution < 1.29 is 0 Å². The number of aryl methyl sites for hydroxylation is 1. The summed E-state index contributed by atoms with van der Waals surface area (Å²) in [4.78, 5) is 15.8. The first kappa shape index (κ1) is 15.3. The van der Waals surface area contributed by atoms with Crippen LogP contribution in [-0.4, -0.2) is 32.6 Å². The standard InChI is InChI=1S/C18H21N5S/c1-14-9-17(4-5-19-14)22-7-2-3-15(10-22)18-20-6-8-23(18)11-16-12-24-13-21-16/h4-6,8-9,12-13,15H,2-3,7,10-11H2,1H3. The average molecular weight is 339 g/mol. The maximum atomic E-state index is 4.67. The predicted molar refractivity (Wildman–Crippen MR) is 96.6 cm³/mol. The Bertz CT molecular complexity index is 795. The first-order chi connectivity index (χ1) is 11.8. The highest BCUT2D eigenvalue weighted by atomic mass is 32.1. The van der Waals surface area contributed by atoms with Crippen molar-refractivity contribution >= 4 is 17.0 Å². The molecule has 4 rings (SSSR count). The molecule has 1 aliphatic rings. The Morgan fingerprint density at radius 3 is 3.04 bits per heavy atom. The fraction of sp³-hybridized carbons (Fsp3) is 0.389. The molecule has 0 spiro atoms. The fourth-order valence-electron chi connectivity index (χ4n) is 3.45. The highest BCUT2D eigenvalue weighted by Gasteiger charge is 2.25. The second-order valence-corrected chi connectivity index (χ2v) is 7.05. The lowest BCUT2D eigenvalue weighted by Gasteiger charge is -2.34. The van der Waals surface area contributed by atoms with Crippen LogP contribution in [0.5, 0.6) is 0 Å². The Morgan fingerprint density at radius 1 is 1.25 bits per heavy atom. The van der Waals surface area contributed by atoms with Crippen molar-refractivity contribution in [2.24, 2.45) is 0 Å². The third-order valence-electron chi connectivity index (χ3n) is 4.60. The number of imidazole rings is 1. The molecule has 6 heteroatoms. The minimum atomic E-state index is 0.459. The third kappa shape index (κ3) is 3.19. The molecule has 1 atom stereocenters. The molecule has 0 radical (unpaired) electrons. The first-order valence-corrected chi connectivity index (χ1v) is 9.29. The highest BCUT2D eigenvalue weighted by molar-refractivity contribution is 7.07. The number of hydrogen-bond donors (Lipinski definition) is 0. The molecule has 124 valence electrons. The van der Waals surface area contributed by atoms with E-state index in [0.29, 0.717) is 5.92 Å². The van der Waals surface area contributed by atoms with Crippen LogP contribution in [0.3, 0.4) is 0 Å². The number of pyridine rings is 1. The Kier molecular flexibility index (Phi) is 4.30. The van der Waals surface area contributed by atoms with E-state index < -0.39 is 0 Å². The largest absolute Gasteiger partial charge is 0.371 e. The summed E-state index contributed by atoms with van der Waals surface area (Å²) >= 11 is 1.64. The second kappa shape index (κ2) is 6.73. The zero-order valence-electron chi connectivity index (χ0n) is 13.8. The molecular weight excluding hydrogens is 318 g/mol. The van der Waals surface area contributed by atoms with Crippen molar-refractivity contribution in [3.05, 3.63) is 58.8 Å². The Balaban J connectivity index is 1.53. The molecular formula is C18H21N5S. The number of piperidine rings is 1. The topological polar surface area (TPSA) is 46.8 Å². The first-order valence-electron chi connectivity index (χ1n) is 8.35. The highest BCUT2D eigenvalue weighted by Crippen LogP contribution is 2.29. The maximum Gasteiger partial charge on any atom is 0.113 e. The summed E-state index contributed by atoms with van der Waals surface area (Å²) in [5.41, 5.74) is 5.33. The van der Waals surface area contributed by atoms with E-state index in [9.17, 15) is 0 Å². The predicted octanol–water partition coefficient (Wildman–Crippen LogP) is 3.48. The van der Waals surface area contributed by atoms with E-state index >= 15 is 0 Å². The smallest absolute Gasteiger partial charge is 0.113 e. The van der Waals surface area contributed by atoms with Gasteiger partial charge in [0.25, 0.3) is 0 Å². The zero-order valence-corrected chi connectivity index (χ0v) is 14.6. The number of thiazole rings is 1. The summed E-state index contributed by atoms with van der Waals surface area (Å²) in [6, 6.07) is 4.28. The molecule has 3 aromatic rings. The molecule has 0 saturated carbocycles. The number of nitrogens with zero attached hydrogens (tertiary/aromatic N) is 5. The molecule has 1 saturated heterocycles. The minimum absolute atomic E-state index is 0.459. The molecule has 0 aromatic carbocycles. The Morgan fingerprint density at radius 2 is 2.21 bits per heavy atom. The van der Waals surface area contributed by atoms with Gasteiger partial charge < -0.3 is 9.47 Å². The normalized spacial score (nSPS) is 18.0. The van der Waals surface area contributed by atoms with Crippen LogP contribution in [0.4, 0.5) is 5.69 Å². The van der Waals surface area contributed by atoms with Crippen molar-refractivity contribution in [3.8, 4) is 0 Å². The van der Waals surface area contributed by atoms with Crippen LogP contribution in [-0.2, 0) is 6.54 Å². The van der Waals surface area contributed by atoms with Gasteiger partial charge in [-0.1, -0.05) is 0 Å². The molecule has 5 nitrogen and oxygen atoms in total. The van der Waals surface area contributed by atoms with Gasteiger partial charge in [-0.2, -0.15) is 0 Å². The van der Waals surface area contributed by atoms with Crippen LogP contribution in [0.15, 0.2) is 41.6 Å². The summed E-state index contributed by atoms with van der Waals surface area (Å²) in [5, 5.41) is 2.11. The van der Waals surface area contributed by atoms with Crippen molar-refractivity contribution in [3.63, 3.8) is 0 Å². The number of rotatable bonds is 4. The lowest BCUT2D eigenvalue weighted by molar-refractivity contribution is 0.475. The summed E-state index contributed by atoms with van der Waals surface area (Å²) in [6.45, 7) is 4.97. The van der Waals surface area contributed by atoms with Crippen molar-refractivity contribution in [2.75, 3.05) is 18.0 Å². The number of aromatic nitrogens is 4. The van der Waals surface area contributed by atoms with E-state index in [2.05, 4.69) is 48.1 Å². The second-order valence-electron chi connectivity index (χ2n) is 6.33. The van der Waals surface area contributed by atoms with Crippen molar-refractivity contribution in [2.45, 2.75) is 32.2 Å². The molecule has 1 fully saturated rings. The van der Waals surface area contributed by atoms with E-state index in [-0.39, 0.29) is 0 Å². The Labute approximate surface area is 146 Å². The lowest BCUT2D eigenvalue weighted by Crippen LogP contribution is -2.35. The number of hydrogen-bond acceptors (Lipinski definition) is 5. The van der Waals surface area contributed by atoms with Gasteiger partial charge in [-0.25, -0.2) is 9.97 Å². The van der Waals surface area contributed by atoms with Gasteiger partial charge in [0.1, 0.15) is 5.82 Å². The molecule has 0 amide bonds. The molecule has 3 aromatic heterocycles. The van der Waals surface area contributed by atoms with Crippen LogP contribution in [0.25, 0.3) is 0 Å². The van der Waals surface area contributed by atoms with E-state index in [1.807, 2.05) is 24.8 Å². The average Bonchev–Trinajstić information content (AvgIpc) is 3.27. The monoisotopic (exact) mass is 339 g/mol. The van der Waals surface area contributed by atoms with Gasteiger partial charge in [0.2, 0.25) is 0 Å². The van der Waals surface area contributed by atoms with Gasteiger partial charge in [-0.15, -0.1) is 11.3 Å². The fourth-order valence-corrected chi connectivity index (χ4v) is 4.00. The zero-order chi connectivity index (χ0) is 16.4. The van der Waals surface area contributed by atoms with Gasteiger partial charge >= 0.3 is 0 Å². The molecule has 4 heterocycles. The van der Waals surface area contributed by atoms with Gasteiger partial charge in [-0.3, -0.25) is 4.98 Å². The maximum absolute atomic E-state index is 4.67. The minimum Gasteiger partial charge on any atom is -0.371 e. The van der Waals surface area contributed by atoms with Gasteiger partial charge in [0.05, 0.1) is 17.7 Å². The molecule has 1 aliphatic heterocycles. The summed E-state index contributed by atoms with van der Waals surface area (Å²) in [6.07, 6.45) is 8.27. The van der Waals surface area contributed by atoms with Gasteiger partial charge in [0.15, 0.2) is 0 Å². The summed E-state index contributed by atoms with van der Waals surface area (Å²) < 4.78 is 2.25. The van der Waals surface area contributed by atoms with Crippen LogP contribution in [0.1, 0.15) is 36.0 Å². The van der Waals surface area contributed by atoms with E-state index in [4.69, 9.17) is 0 Å². The van der Waals surface area contributed by atoms with E-state index in [1.165, 1.54) is 24.4 Å². The molecule has 24 heavy (non-hydrogen) atoms. The molecule has 0 N–H and O–H groups in total. The summed E-state index contributed by atoms with van der Waals surface area (Å²) in [7, 11) is 0. The van der Waals surface area contributed by atoms with Gasteiger partial charge in [0, 0.05) is 54.4 Å². The molecule has 1 unspecified atom stereocenters. The lowest BCUT2D eigenvalue weighted by atomic mass is 9.96. The third-order valence-corrected chi connectivity index (χ3v) is 5.23. The van der Waals surface area contributed by atoms with E-state index in [0.717, 1.165) is 31.0 Å². The SMILES string of the molecule is Cc1cc(N2CCCC(c3nccn3Cc3cscn3)C2)ccn1.